The maximum atomic E-state index is 9.96. The number of halogens is 1. The maximum absolute atomic E-state index is 9.96. The molecule has 0 heterocycles. The lowest BCUT2D eigenvalue weighted by atomic mass is 10.2. The van der Waals surface area contributed by atoms with Gasteiger partial charge in [0.2, 0.25) is 0 Å². The summed E-state index contributed by atoms with van der Waals surface area (Å²) in [6.07, 6.45) is 0. The van der Waals surface area contributed by atoms with Crippen LogP contribution in [0.25, 0.3) is 0 Å². The fraction of sp³-hybridized carbons (Fsp3) is 0.222. The van der Waals surface area contributed by atoms with Crippen molar-refractivity contribution in [3.05, 3.63) is 28.8 Å². The zero-order chi connectivity index (χ0) is 9.68. The highest BCUT2D eigenvalue weighted by Crippen LogP contribution is 2.23. The average molecular weight is 201 g/mol. The van der Waals surface area contributed by atoms with Crippen molar-refractivity contribution in [3.63, 3.8) is 0 Å². The SMILES string of the molecule is COc1cc(Cl)ccc1COC=O. The largest absolute Gasteiger partial charge is 0.496 e. The van der Waals surface area contributed by atoms with Crippen LogP contribution in [0.4, 0.5) is 0 Å². The van der Waals surface area contributed by atoms with Gasteiger partial charge in [-0.25, -0.2) is 0 Å². The van der Waals surface area contributed by atoms with Crippen molar-refractivity contribution in [1.29, 1.82) is 0 Å². The molecule has 13 heavy (non-hydrogen) atoms. The van der Waals surface area contributed by atoms with Crippen molar-refractivity contribution in [2.75, 3.05) is 7.11 Å². The van der Waals surface area contributed by atoms with Crippen molar-refractivity contribution in [3.8, 4) is 5.75 Å². The highest BCUT2D eigenvalue weighted by Gasteiger charge is 2.03. The number of carbonyl (C=O) groups excluding carboxylic acids is 1. The summed E-state index contributed by atoms with van der Waals surface area (Å²) in [6.45, 7) is 0.595. The van der Waals surface area contributed by atoms with E-state index in [2.05, 4.69) is 4.74 Å². The summed E-state index contributed by atoms with van der Waals surface area (Å²) in [6, 6.07) is 5.14. The lowest BCUT2D eigenvalue weighted by Gasteiger charge is -2.07. The van der Waals surface area contributed by atoms with Crippen molar-refractivity contribution >= 4 is 18.1 Å². The van der Waals surface area contributed by atoms with Crippen LogP contribution in [0.5, 0.6) is 5.75 Å². The third-order valence-electron chi connectivity index (χ3n) is 1.56. The van der Waals surface area contributed by atoms with Gasteiger partial charge < -0.3 is 9.47 Å². The van der Waals surface area contributed by atoms with Gasteiger partial charge in [0.25, 0.3) is 6.47 Å². The smallest absolute Gasteiger partial charge is 0.293 e. The topological polar surface area (TPSA) is 35.5 Å². The van der Waals surface area contributed by atoms with Crippen LogP contribution in [0.3, 0.4) is 0 Å². The maximum Gasteiger partial charge on any atom is 0.293 e. The highest BCUT2D eigenvalue weighted by atomic mass is 35.5. The summed E-state index contributed by atoms with van der Waals surface area (Å²) in [5.41, 5.74) is 0.791. The van der Waals surface area contributed by atoms with Crippen molar-refractivity contribution in [2.24, 2.45) is 0 Å². The Bertz CT molecular complexity index is 299. The molecule has 0 saturated heterocycles. The van der Waals surface area contributed by atoms with E-state index in [1.807, 2.05) is 0 Å². The van der Waals surface area contributed by atoms with Gasteiger partial charge in [-0.15, -0.1) is 0 Å². The Labute approximate surface area is 81.2 Å². The number of ether oxygens (including phenoxy) is 2. The van der Waals surface area contributed by atoms with Gasteiger partial charge in [-0.05, 0) is 12.1 Å². The zero-order valence-corrected chi connectivity index (χ0v) is 7.88. The van der Waals surface area contributed by atoms with Gasteiger partial charge in [-0.2, -0.15) is 0 Å². The number of hydrogen-bond acceptors (Lipinski definition) is 3. The van der Waals surface area contributed by atoms with E-state index in [1.54, 1.807) is 18.2 Å². The Morgan fingerprint density at radius 1 is 1.54 bits per heavy atom. The molecule has 0 aromatic heterocycles. The fourth-order valence-corrected chi connectivity index (χ4v) is 1.12. The fourth-order valence-electron chi connectivity index (χ4n) is 0.961. The molecule has 1 aromatic carbocycles. The summed E-state index contributed by atoms with van der Waals surface area (Å²) >= 11 is 5.74. The third kappa shape index (κ3) is 2.63. The number of carbonyl (C=O) groups is 1. The summed E-state index contributed by atoms with van der Waals surface area (Å²) in [7, 11) is 1.54. The predicted octanol–water partition coefficient (Wildman–Crippen LogP) is 2.02. The van der Waals surface area contributed by atoms with Crippen LogP contribution in [-0.4, -0.2) is 13.6 Å². The number of benzene rings is 1. The first-order valence-corrected chi connectivity index (χ1v) is 4.03. The van der Waals surface area contributed by atoms with Gasteiger partial charge in [-0.3, -0.25) is 4.79 Å². The van der Waals surface area contributed by atoms with E-state index in [0.29, 0.717) is 17.2 Å². The van der Waals surface area contributed by atoms with Crippen molar-refractivity contribution < 1.29 is 14.3 Å². The lowest BCUT2D eigenvalue weighted by Crippen LogP contribution is -1.94. The van der Waals surface area contributed by atoms with Gasteiger partial charge in [0.15, 0.2) is 0 Å². The molecule has 1 aromatic rings. The summed E-state index contributed by atoms with van der Waals surface area (Å²) < 4.78 is 9.64. The molecule has 1 rings (SSSR count). The van der Waals surface area contributed by atoms with Crippen molar-refractivity contribution in [1.82, 2.24) is 0 Å². The van der Waals surface area contributed by atoms with Crippen LogP contribution in [0.1, 0.15) is 5.56 Å². The summed E-state index contributed by atoms with van der Waals surface area (Å²) in [5.74, 6) is 0.620. The molecule has 0 aliphatic rings. The molecular formula is C9H9ClO3. The van der Waals surface area contributed by atoms with Gasteiger partial charge in [0, 0.05) is 10.6 Å². The number of hydrogen-bond donors (Lipinski definition) is 0. The Kier molecular flexibility index (Phi) is 3.58. The molecule has 0 radical (unpaired) electrons. The average Bonchev–Trinajstić information content (AvgIpc) is 2.16. The predicted molar refractivity (Wildman–Crippen MR) is 48.9 cm³/mol. The first-order valence-electron chi connectivity index (χ1n) is 3.65. The van der Waals surface area contributed by atoms with Gasteiger partial charge >= 0.3 is 0 Å². The first kappa shape index (κ1) is 9.86. The molecule has 0 amide bonds. The van der Waals surface area contributed by atoms with Gasteiger partial charge in [0.05, 0.1) is 7.11 Å². The van der Waals surface area contributed by atoms with E-state index in [1.165, 1.54) is 7.11 Å². The Hall–Kier alpha value is -1.22. The summed E-state index contributed by atoms with van der Waals surface area (Å²) in [4.78, 5) is 9.96. The molecule has 0 atom stereocenters. The monoisotopic (exact) mass is 200 g/mol. The standard InChI is InChI=1S/C9H9ClO3/c1-12-9-4-8(10)3-2-7(9)5-13-6-11/h2-4,6H,5H2,1H3. The van der Waals surface area contributed by atoms with E-state index in [4.69, 9.17) is 16.3 Å². The van der Waals surface area contributed by atoms with Crippen LogP contribution in [0.15, 0.2) is 18.2 Å². The molecule has 0 bridgehead atoms. The molecule has 0 unspecified atom stereocenters. The van der Waals surface area contributed by atoms with Gasteiger partial charge in [-0.1, -0.05) is 17.7 Å². The van der Waals surface area contributed by atoms with Crippen LogP contribution >= 0.6 is 11.6 Å². The molecule has 0 saturated carbocycles. The molecule has 0 aliphatic heterocycles. The highest BCUT2D eigenvalue weighted by molar-refractivity contribution is 6.30. The minimum Gasteiger partial charge on any atom is -0.496 e. The lowest BCUT2D eigenvalue weighted by molar-refractivity contribution is -0.129. The molecule has 0 N–H and O–H groups in total. The number of rotatable bonds is 4. The summed E-state index contributed by atoms with van der Waals surface area (Å²) in [5, 5.41) is 0.590. The van der Waals surface area contributed by atoms with E-state index in [-0.39, 0.29) is 6.61 Å². The van der Waals surface area contributed by atoms with Gasteiger partial charge in [0.1, 0.15) is 12.4 Å². The minimum atomic E-state index is 0.198. The first-order chi connectivity index (χ1) is 6.27. The second kappa shape index (κ2) is 4.72. The normalized spacial score (nSPS) is 9.38. The Morgan fingerprint density at radius 3 is 2.92 bits per heavy atom. The van der Waals surface area contributed by atoms with Crippen LogP contribution in [0, 0.1) is 0 Å². The molecule has 70 valence electrons. The van der Waals surface area contributed by atoms with Crippen LogP contribution in [0.2, 0.25) is 5.02 Å². The molecule has 0 fully saturated rings. The molecular weight excluding hydrogens is 192 g/mol. The van der Waals surface area contributed by atoms with Crippen LogP contribution < -0.4 is 4.74 Å². The number of methoxy groups -OCH3 is 1. The second-order valence-corrected chi connectivity index (χ2v) is 2.80. The zero-order valence-electron chi connectivity index (χ0n) is 7.12. The third-order valence-corrected chi connectivity index (χ3v) is 1.79. The van der Waals surface area contributed by atoms with Crippen molar-refractivity contribution in [2.45, 2.75) is 6.61 Å². The molecule has 0 spiro atoms. The molecule has 0 aliphatic carbocycles. The Balaban J connectivity index is 2.85. The van der Waals surface area contributed by atoms with E-state index in [0.717, 1.165) is 5.56 Å². The van der Waals surface area contributed by atoms with E-state index >= 15 is 0 Å². The molecule has 3 nitrogen and oxygen atoms in total. The van der Waals surface area contributed by atoms with E-state index < -0.39 is 0 Å². The van der Waals surface area contributed by atoms with Crippen LogP contribution in [-0.2, 0) is 16.1 Å². The molecule has 4 heteroatoms. The quantitative estimate of drug-likeness (QED) is 0.698. The Morgan fingerprint density at radius 2 is 2.31 bits per heavy atom. The van der Waals surface area contributed by atoms with E-state index in [9.17, 15) is 4.79 Å². The second-order valence-electron chi connectivity index (χ2n) is 2.36. The minimum absolute atomic E-state index is 0.198.